The molecule has 1 N–H and O–H groups in total. The van der Waals surface area contributed by atoms with Gasteiger partial charge in [-0.15, -0.1) is 0 Å². The van der Waals surface area contributed by atoms with Crippen molar-refractivity contribution >= 4 is 0 Å². The van der Waals surface area contributed by atoms with Gasteiger partial charge < -0.3 is 4.74 Å². The monoisotopic (exact) mass is 299 g/mol. The van der Waals surface area contributed by atoms with E-state index in [0.717, 1.165) is 6.04 Å². The van der Waals surface area contributed by atoms with Crippen LogP contribution in [0.4, 0.5) is 0 Å². The van der Waals surface area contributed by atoms with E-state index >= 15 is 0 Å². The van der Waals surface area contributed by atoms with Crippen molar-refractivity contribution in [3.8, 4) is 0 Å². The van der Waals surface area contributed by atoms with Gasteiger partial charge in [0, 0.05) is 45.4 Å². The third-order valence-electron chi connectivity index (χ3n) is 4.70. The van der Waals surface area contributed by atoms with Crippen LogP contribution in [-0.4, -0.2) is 61.4 Å². The molecule has 1 heterocycles. The molecule has 3 fully saturated rings. The molecule has 0 atom stereocenters. The summed E-state index contributed by atoms with van der Waals surface area (Å²) in [7, 11) is 1.82. The van der Waals surface area contributed by atoms with Crippen molar-refractivity contribution in [2.75, 3.05) is 33.3 Å². The first-order valence-corrected chi connectivity index (χ1v) is 9.13. The highest BCUT2D eigenvalue weighted by Crippen LogP contribution is 2.26. The standard InChI is InChI=1S/C13H25N3O.2C2H6/c1-17-13-9-11(10-13)14-16-7-5-15(6-8-16)12-3-2-4-12;2*1-2/h11-14H,2-10H2,1H3;2*1-2H3. The quantitative estimate of drug-likeness (QED) is 0.864. The second kappa shape index (κ2) is 10.5. The lowest BCUT2D eigenvalue weighted by Gasteiger charge is -2.45. The highest BCUT2D eigenvalue weighted by atomic mass is 16.5. The Morgan fingerprint density at radius 2 is 1.48 bits per heavy atom. The van der Waals surface area contributed by atoms with E-state index in [1.807, 2.05) is 34.8 Å². The van der Waals surface area contributed by atoms with Crippen LogP contribution in [0.1, 0.15) is 59.8 Å². The molecule has 0 amide bonds. The van der Waals surface area contributed by atoms with Crippen LogP contribution in [0, 0.1) is 0 Å². The molecular formula is C17H37N3O. The Kier molecular flexibility index (Phi) is 9.49. The molecule has 126 valence electrons. The first kappa shape index (κ1) is 18.9. The molecule has 3 aliphatic rings. The van der Waals surface area contributed by atoms with Gasteiger partial charge in [-0.1, -0.05) is 34.1 Å². The number of rotatable bonds is 4. The Morgan fingerprint density at radius 3 is 1.90 bits per heavy atom. The molecule has 0 bridgehead atoms. The number of hydrogen-bond acceptors (Lipinski definition) is 4. The molecular weight excluding hydrogens is 262 g/mol. The largest absolute Gasteiger partial charge is 0.381 e. The number of ether oxygens (including phenoxy) is 1. The number of nitrogens with one attached hydrogen (secondary N) is 1. The fourth-order valence-electron chi connectivity index (χ4n) is 3.09. The van der Waals surface area contributed by atoms with Crippen LogP contribution < -0.4 is 5.43 Å². The van der Waals surface area contributed by atoms with Crippen LogP contribution in [-0.2, 0) is 4.74 Å². The van der Waals surface area contributed by atoms with Gasteiger partial charge in [0.05, 0.1) is 6.10 Å². The van der Waals surface area contributed by atoms with Crippen LogP contribution in [0.2, 0.25) is 0 Å². The van der Waals surface area contributed by atoms with E-state index in [2.05, 4.69) is 15.3 Å². The third kappa shape index (κ3) is 5.51. The fraction of sp³-hybridized carbons (Fsp3) is 1.00. The zero-order valence-electron chi connectivity index (χ0n) is 14.9. The first-order chi connectivity index (χ1) is 10.3. The minimum Gasteiger partial charge on any atom is -0.381 e. The molecule has 3 rings (SSSR count). The predicted molar refractivity (Wildman–Crippen MR) is 90.4 cm³/mol. The SMILES string of the molecule is CC.CC.COC1CC(NN2CCN(C3CCC3)CC2)C1. The minimum absolute atomic E-state index is 0.503. The van der Waals surface area contributed by atoms with E-state index in [1.165, 1.54) is 58.3 Å². The molecule has 2 saturated carbocycles. The van der Waals surface area contributed by atoms with Gasteiger partial charge in [-0.2, -0.15) is 0 Å². The van der Waals surface area contributed by atoms with E-state index in [1.54, 1.807) is 0 Å². The molecule has 0 unspecified atom stereocenters. The van der Waals surface area contributed by atoms with Crippen molar-refractivity contribution in [2.45, 2.75) is 78.0 Å². The summed E-state index contributed by atoms with van der Waals surface area (Å²) in [5.74, 6) is 0. The van der Waals surface area contributed by atoms with Crippen LogP contribution in [0.15, 0.2) is 0 Å². The molecule has 4 nitrogen and oxygen atoms in total. The molecule has 0 radical (unpaired) electrons. The van der Waals surface area contributed by atoms with E-state index in [-0.39, 0.29) is 0 Å². The topological polar surface area (TPSA) is 27.7 Å². The van der Waals surface area contributed by atoms with Crippen molar-refractivity contribution in [1.82, 2.24) is 15.3 Å². The van der Waals surface area contributed by atoms with Crippen molar-refractivity contribution in [2.24, 2.45) is 0 Å². The lowest BCUT2D eigenvalue weighted by molar-refractivity contribution is -0.0273. The average Bonchev–Trinajstić information content (AvgIpc) is 2.46. The lowest BCUT2D eigenvalue weighted by Crippen LogP contribution is -2.60. The van der Waals surface area contributed by atoms with Crippen molar-refractivity contribution in [1.29, 1.82) is 0 Å². The van der Waals surface area contributed by atoms with Gasteiger partial charge in [-0.05, 0) is 25.7 Å². The third-order valence-corrected chi connectivity index (χ3v) is 4.70. The summed E-state index contributed by atoms with van der Waals surface area (Å²) in [6.07, 6.45) is 7.18. The number of nitrogens with zero attached hydrogens (tertiary/aromatic N) is 2. The molecule has 1 saturated heterocycles. The fourth-order valence-corrected chi connectivity index (χ4v) is 3.09. The molecule has 4 heteroatoms. The Bertz CT molecular complexity index is 244. The average molecular weight is 300 g/mol. The van der Waals surface area contributed by atoms with Gasteiger partial charge in [-0.25, -0.2) is 5.01 Å². The van der Waals surface area contributed by atoms with E-state index in [0.29, 0.717) is 12.1 Å². The summed E-state index contributed by atoms with van der Waals surface area (Å²) in [5.41, 5.74) is 3.64. The summed E-state index contributed by atoms with van der Waals surface area (Å²) in [5, 5.41) is 2.42. The zero-order valence-corrected chi connectivity index (χ0v) is 14.9. The molecule has 0 spiro atoms. The Hall–Kier alpha value is -0.160. The van der Waals surface area contributed by atoms with E-state index in [9.17, 15) is 0 Å². The number of hydrazine groups is 1. The number of piperazine rings is 1. The molecule has 0 aromatic rings. The smallest absolute Gasteiger partial charge is 0.0602 e. The van der Waals surface area contributed by atoms with Crippen LogP contribution in [0.5, 0.6) is 0 Å². The molecule has 0 aromatic heterocycles. The first-order valence-electron chi connectivity index (χ1n) is 9.13. The molecule has 21 heavy (non-hydrogen) atoms. The Balaban J connectivity index is 0.000000510. The maximum Gasteiger partial charge on any atom is 0.0602 e. The van der Waals surface area contributed by atoms with Crippen LogP contribution >= 0.6 is 0 Å². The van der Waals surface area contributed by atoms with Crippen molar-refractivity contribution in [3.63, 3.8) is 0 Å². The highest BCUT2D eigenvalue weighted by Gasteiger charge is 2.32. The van der Waals surface area contributed by atoms with Gasteiger partial charge in [0.2, 0.25) is 0 Å². The summed E-state index contributed by atoms with van der Waals surface area (Å²) >= 11 is 0. The molecule has 2 aliphatic carbocycles. The predicted octanol–water partition coefficient (Wildman–Crippen LogP) is 2.89. The summed E-state index contributed by atoms with van der Waals surface area (Å²) in [6, 6.07) is 1.58. The Morgan fingerprint density at radius 1 is 0.905 bits per heavy atom. The maximum atomic E-state index is 5.31. The van der Waals surface area contributed by atoms with E-state index in [4.69, 9.17) is 4.74 Å². The van der Waals surface area contributed by atoms with Gasteiger partial charge in [0.1, 0.15) is 0 Å². The zero-order chi connectivity index (χ0) is 15.7. The van der Waals surface area contributed by atoms with Gasteiger partial charge in [0.15, 0.2) is 0 Å². The number of hydrogen-bond donors (Lipinski definition) is 1. The minimum atomic E-state index is 0.503. The molecule has 0 aromatic carbocycles. The van der Waals surface area contributed by atoms with E-state index < -0.39 is 0 Å². The van der Waals surface area contributed by atoms with Gasteiger partial charge >= 0.3 is 0 Å². The Labute approximate surface area is 132 Å². The number of methoxy groups -OCH3 is 1. The molecule has 1 aliphatic heterocycles. The lowest BCUT2D eigenvalue weighted by atomic mass is 9.90. The van der Waals surface area contributed by atoms with Crippen molar-refractivity contribution < 1.29 is 4.74 Å². The summed E-state index contributed by atoms with van der Waals surface area (Å²) in [4.78, 5) is 2.68. The second-order valence-corrected chi connectivity index (χ2v) is 5.76. The van der Waals surface area contributed by atoms with Crippen LogP contribution in [0.25, 0.3) is 0 Å². The van der Waals surface area contributed by atoms with Crippen molar-refractivity contribution in [3.05, 3.63) is 0 Å². The normalized spacial score (nSPS) is 30.1. The summed E-state index contributed by atoms with van der Waals surface area (Å²) < 4.78 is 5.31. The maximum absolute atomic E-state index is 5.31. The van der Waals surface area contributed by atoms with Crippen LogP contribution in [0.3, 0.4) is 0 Å². The highest BCUT2D eigenvalue weighted by molar-refractivity contribution is 4.87. The van der Waals surface area contributed by atoms with Gasteiger partial charge in [-0.3, -0.25) is 10.3 Å². The summed E-state index contributed by atoms with van der Waals surface area (Å²) in [6.45, 7) is 12.9. The van der Waals surface area contributed by atoms with Gasteiger partial charge in [0.25, 0.3) is 0 Å². The second-order valence-electron chi connectivity index (χ2n) is 5.76.